The maximum atomic E-state index is 11.2. The Labute approximate surface area is 143 Å². The molecule has 0 aromatic rings. The Morgan fingerprint density at radius 1 is 0.696 bits per heavy atom. The molecule has 4 nitrogen and oxygen atoms in total. The van der Waals surface area contributed by atoms with Gasteiger partial charge in [-0.25, -0.2) is 0 Å². The zero-order valence-electron chi connectivity index (χ0n) is 15.0. The average Bonchev–Trinajstić information content (AvgIpc) is 2.49. The summed E-state index contributed by atoms with van der Waals surface area (Å²) in [7, 11) is -3.86. The molecular weight excluding hydrogens is 312 g/mol. The maximum absolute atomic E-state index is 11.2. The molecule has 0 radical (unpaired) electrons. The minimum Gasteiger partial charge on any atom is -0.396 e. The monoisotopic (exact) mass is 350 g/mol. The van der Waals surface area contributed by atoms with Crippen molar-refractivity contribution in [3.05, 3.63) is 0 Å². The third-order valence-electron chi connectivity index (χ3n) is 4.47. The number of rotatable bonds is 17. The van der Waals surface area contributed by atoms with Crippen molar-refractivity contribution < 1.29 is 18.1 Å². The molecule has 0 aromatic carbocycles. The van der Waals surface area contributed by atoms with Crippen LogP contribution in [0.2, 0.25) is 0 Å². The summed E-state index contributed by atoms with van der Waals surface area (Å²) in [6.45, 7) is 2.27. The molecular formula is C18H38O4S. The molecule has 0 aromatic heterocycles. The van der Waals surface area contributed by atoms with Crippen LogP contribution >= 0.6 is 0 Å². The van der Waals surface area contributed by atoms with Crippen LogP contribution in [-0.4, -0.2) is 29.9 Å². The highest BCUT2D eigenvalue weighted by Crippen LogP contribution is 2.17. The van der Waals surface area contributed by atoms with E-state index in [1.807, 2.05) is 6.92 Å². The lowest BCUT2D eigenvalue weighted by Gasteiger charge is -2.12. The lowest BCUT2D eigenvalue weighted by atomic mass is 10.0. The van der Waals surface area contributed by atoms with Gasteiger partial charge in [-0.2, -0.15) is 8.42 Å². The fourth-order valence-electron chi connectivity index (χ4n) is 3.02. The molecule has 5 heteroatoms. The summed E-state index contributed by atoms with van der Waals surface area (Å²) in [5, 5.41) is 8.13. The van der Waals surface area contributed by atoms with Gasteiger partial charge in [-0.15, -0.1) is 0 Å². The molecule has 0 saturated carbocycles. The molecule has 0 bridgehead atoms. The molecule has 0 heterocycles. The summed E-state index contributed by atoms with van der Waals surface area (Å²) in [4.78, 5) is 0. The topological polar surface area (TPSA) is 74.6 Å². The lowest BCUT2D eigenvalue weighted by Crippen LogP contribution is -2.20. The van der Waals surface area contributed by atoms with Gasteiger partial charge >= 0.3 is 0 Å². The van der Waals surface area contributed by atoms with Gasteiger partial charge in [-0.05, 0) is 19.3 Å². The van der Waals surface area contributed by atoms with E-state index < -0.39 is 15.4 Å². The van der Waals surface area contributed by atoms with E-state index in [0.717, 1.165) is 32.1 Å². The Bertz CT molecular complexity index is 341. The standard InChI is InChI=1S/C18H38O4S/c1-2-15-18(23(20,21)22)16-13-11-9-7-5-3-4-6-8-10-12-14-17-19/h18-19H,2-17H2,1H3,(H,20,21,22). The van der Waals surface area contributed by atoms with E-state index in [4.69, 9.17) is 9.66 Å². The summed E-state index contributed by atoms with van der Waals surface area (Å²) in [6.07, 6.45) is 16.1. The molecule has 1 unspecified atom stereocenters. The molecule has 140 valence electrons. The Morgan fingerprint density at radius 2 is 1.09 bits per heavy atom. The second kappa shape index (κ2) is 15.4. The highest BCUT2D eigenvalue weighted by Gasteiger charge is 2.20. The molecule has 0 saturated heterocycles. The molecule has 0 aliphatic carbocycles. The van der Waals surface area contributed by atoms with Crippen LogP contribution in [0.25, 0.3) is 0 Å². The van der Waals surface area contributed by atoms with Crippen LogP contribution in [0.5, 0.6) is 0 Å². The first-order valence-electron chi connectivity index (χ1n) is 9.59. The van der Waals surface area contributed by atoms with E-state index in [2.05, 4.69) is 0 Å². The van der Waals surface area contributed by atoms with Crippen LogP contribution in [0.3, 0.4) is 0 Å². The van der Waals surface area contributed by atoms with Crippen LogP contribution in [0.4, 0.5) is 0 Å². The summed E-state index contributed by atoms with van der Waals surface area (Å²) in [5.74, 6) is 0. The summed E-state index contributed by atoms with van der Waals surface area (Å²) >= 11 is 0. The van der Waals surface area contributed by atoms with Crippen molar-refractivity contribution in [2.75, 3.05) is 6.61 Å². The van der Waals surface area contributed by atoms with Crippen LogP contribution in [0.1, 0.15) is 103 Å². The van der Waals surface area contributed by atoms with Crippen molar-refractivity contribution in [2.24, 2.45) is 0 Å². The summed E-state index contributed by atoms with van der Waals surface area (Å²) in [6, 6.07) is 0. The van der Waals surface area contributed by atoms with Gasteiger partial charge in [0, 0.05) is 6.61 Å². The zero-order valence-corrected chi connectivity index (χ0v) is 15.8. The maximum Gasteiger partial charge on any atom is 0.267 e. The number of hydrogen-bond acceptors (Lipinski definition) is 3. The quantitative estimate of drug-likeness (QED) is 0.282. The molecule has 0 aliphatic rings. The fourth-order valence-corrected chi connectivity index (χ4v) is 4.01. The van der Waals surface area contributed by atoms with Gasteiger partial charge in [0.25, 0.3) is 10.1 Å². The highest BCUT2D eigenvalue weighted by molar-refractivity contribution is 7.86. The predicted octanol–water partition coefficient (Wildman–Crippen LogP) is 5.11. The van der Waals surface area contributed by atoms with Gasteiger partial charge in [-0.3, -0.25) is 4.55 Å². The van der Waals surface area contributed by atoms with Crippen molar-refractivity contribution in [2.45, 2.75) is 108 Å². The number of unbranched alkanes of at least 4 members (excludes halogenated alkanes) is 11. The van der Waals surface area contributed by atoms with E-state index in [9.17, 15) is 8.42 Å². The first-order valence-corrected chi connectivity index (χ1v) is 11.1. The smallest absolute Gasteiger partial charge is 0.267 e. The van der Waals surface area contributed by atoms with Gasteiger partial charge in [-0.1, -0.05) is 84.0 Å². The van der Waals surface area contributed by atoms with Gasteiger partial charge in [0.05, 0.1) is 5.25 Å². The fraction of sp³-hybridized carbons (Fsp3) is 1.00. The van der Waals surface area contributed by atoms with Crippen molar-refractivity contribution >= 4 is 10.1 Å². The number of aliphatic hydroxyl groups is 1. The average molecular weight is 351 g/mol. The minimum absolute atomic E-state index is 0.323. The van der Waals surface area contributed by atoms with Crippen LogP contribution in [-0.2, 0) is 10.1 Å². The predicted molar refractivity (Wildman–Crippen MR) is 97.4 cm³/mol. The van der Waals surface area contributed by atoms with E-state index in [1.54, 1.807) is 0 Å². The highest BCUT2D eigenvalue weighted by atomic mass is 32.2. The van der Waals surface area contributed by atoms with Crippen LogP contribution in [0, 0.1) is 0 Å². The Kier molecular flexibility index (Phi) is 15.3. The molecule has 0 aliphatic heterocycles. The van der Waals surface area contributed by atoms with Gasteiger partial charge in [0.15, 0.2) is 0 Å². The SMILES string of the molecule is CCCC(CCCCCCCCCCCCCCO)S(=O)(=O)O. The first-order chi connectivity index (χ1) is 11.0. The molecule has 0 amide bonds. The summed E-state index contributed by atoms with van der Waals surface area (Å²) in [5.41, 5.74) is 0. The van der Waals surface area contributed by atoms with E-state index in [-0.39, 0.29) is 0 Å². The number of hydrogen-bond donors (Lipinski definition) is 2. The Balaban J connectivity index is 3.36. The molecule has 0 fully saturated rings. The van der Waals surface area contributed by atoms with Crippen LogP contribution < -0.4 is 0 Å². The van der Waals surface area contributed by atoms with Gasteiger partial charge < -0.3 is 5.11 Å². The van der Waals surface area contributed by atoms with E-state index in [1.165, 1.54) is 51.4 Å². The molecule has 0 rings (SSSR count). The molecule has 2 N–H and O–H groups in total. The third kappa shape index (κ3) is 15.2. The Hall–Kier alpha value is -0.130. The van der Waals surface area contributed by atoms with E-state index in [0.29, 0.717) is 19.4 Å². The Morgan fingerprint density at radius 3 is 1.43 bits per heavy atom. The summed E-state index contributed by atoms with van der Waals surface area (Å²) < 4.78 is 31.6. The van der Waals surface area contributed by atoms with Crippen molar-refractivity contribution in [1.82, 2.24) is 0 Å². The second-order valence-electron chi connectivity index (χ2n) is 6.68. The normalized spacial score (nSPS) is 13.3. The van der Waals surface area contributed by atoms with Gasteiger partial charge in [0.2, 0.25) is 0 Å². The van der Waals surface area contributed by atoms with Crippen molar-refractivity contribution in [1.29, 1.82) is 0 Å². The largest absolute Gasteiger partial charge is 0.396 e. The second-order valence-corrected chi connectivity index (χ2v) is 8.38. The molecule has 1 atom stereocenters. The van der Waals surface area contributed by atoms with Crippen LogP contribution in [0.15, 0.2) is 0 Å². The van der Waals surface area contributed by atoms with Crippen molar-refractivity contribution in [3.8, 4) is 0 Å². The third-order valence-corrected chi connectivity index (χ3v) is 5.78. The van der Waals surface area contributed by atoms with Gasteiger partial charge in [0.1, 0.15) is 0 Å². The minimum atomic E-state index is -3.86. The first kappa shape index (κ1) is 22.9. The van der Waals surface area contributed by atoms with Crippen molar-refractivity contribution in [3.63, 3.8) is 0 Å². The van der Waals surface area contributed by atoms with E-state index >= 15 is 0 Å². The lowest BCUT2D eigenvalue weighted by molar-refractivity contribution is 0.282. The molecule has 23 heavy (non-hydrogen) atoms. The molecule has 0 spiro atoms. The number of aliphatic hydroxyl groups excluding tert-OH is 1. The zero-order chi connectivity index (χ0) is 17.4.